The molecule has 0 aromatic rings. The van der Waals surface area contributed by atoms with E-state index in [4.69, 9.17) is 0 Å². The molecule has 0 aromatic heterocycles. The summed E-state index contributed by atoms with van der Waals surface area (Å²) in [5, 5.41) is 0. The van der Waals surface area contributed by atoms with Gasteiger partial charge in [-0.25, -0.2) is 4.79 Å². The van der Waals surface area contributed by atoms with Crippen molar-refractivity contribution in [3.8, 4) is 0 Å². The van der Waals surface area contributed by atoms with Gasteiger partial charge in [0.05, 0.1) is 6.42 Å². The number of carbonyl (C=O) groups excluding carboxylic acids is 1. The molecule has 0 aliphatic carbocycles. The summed E-state index contributed by atoms with van der Waals surface area (Å²) >= 11 is 0. The molecule has 76 valence electrons. The number of rotatable bonds is 7. The van der Waals surface area contributed by atoms with Crippen molar-refractivity contribution in [1.82, 2.24) is 0 Å². The third-order valence-corrected chi connectivity index (χ3v) is 2.22. The average molecular weight is 207 g/mol. The number of hydrogen-bond acceptors (Lipinski definition) is 4. The van der Waals surface area contributed by atoms with Crippen molar-refractivity contribution in [2.75, 3.05) is 6.61 Å². The van der Waals surface area contributed by atoms with E-state index >= 15 is 0 Å². The van der Waals surface area contributed by atoms with Gasteiger partial charge in [0, 0.05) is 4.57 Å². The fraction of sp³-hybridized carbons (Fsp3) is 0.875. The minimum absolute atomic E-state index is 0.289. The molecule has 0 saturated carbocycles. The van der Waals surface area contributed by atoms with Crippen LogP contribution < -0.4 is 0 Å². The van der Waals surface area contributed by atoms with E-state index in [9.17, 15) is 9.36 Å². The summed E-state index contributed by atoms with van der Waals surface area (Å²) in [4.78, 5) is 10.9. The predicted molar refractivity (Wildman–Crippen MR) is 49.5 cm³/mol. The van der Waals surface area contributed by atoms with Crippen LogP contribution in [0.15, 0.2) is 0 Å². The molecule has 0 heterocycles. The zero-order valence-corrected chi connectivity index (χ0v) is 9.01. The molecule has 0 radical (unpaired) electrons. The van der Waals surface area contributed by atoms with E-state index in [1.165, 1.54) is 0 Å². The van der Waals surface area contributed by atoms with Crippen LogP contribution in [0.1, 0.15) is 39.5 Å². The van der Waals surface area contributed by atoms with Gasteiger partial charge in [-0.3, -0.25) is 0 Å². The lowest BCUT2D eigenvalue weighted by Crippen LogP contribution is -1.99. The highest BCUT2D eigenvalue weighted by molar-refractivity contribution is 7.34. The lowest BCUT2D eigenvalue weighted by atomic mass is 10.2. The molecule has 1 atom stereocenters. The van der Waals surface area contributed by atoms with Gasteiger partial charge in [0.1, 0.15) is 6.61 Å². The van der Waals surface area contributed by atoms with Gasteiger partial charge in [-0.1, -0.05) is 19.8 Å². The molecular formula is C8H16O4P+. The molecule has 0 rings (SSSR count). The Morgan fingerprint density at radius 1 is 1.31 bits per heavy atom. The van der Waals surface area contributed by atoms with E-state index in [-0.39, 0.29) is 6.61 Å². The molecule has 0 fully saturated rings. The van der Waals surface area contributed by atoms with Crippen LogP contribution in [0.25, 0.3) is 0 Å². The first kappa shape index (κ1) is 12.5. The minimum atomic E-state index is -2.24. The van der Waals surface area contributed by atoms with Crippen LogP contribution in [0.4, 0.5) is 0 Å². The smallest absolute Gasteiger partial charge is 0.247 e. The molecule has 13 heavy (non-hydrogen) atoms. The first-order valence-corrected chi connectivity index (χ1v) is 5.61. The second-order valence-corrected chi connectivity index (χ2v) is 3.45. The van der Waals surface area contributed by atoms with Crippen LogP contribution in [0, 0.1) is 0 Å². The van der Waals surface area contributed by atoms with E-state index in [0.29, 0.717) is 6.42 Å². The topological polar surface area (TPSA) is 52.6 Å². The maximum absolute atomic E-state index is 10.9. The molecule has 0 N–H and O–H groups in total. The van der Waals surface area contributed by atoms with Gasteiger partial charge in [0.2, 0.25) is 0 Å². The van der Waals surface area contributed by atoms with Crippen molar-refractivity contribution in [2.24, 2.45) is 0 Å². The summed E-state index contributed by atoms with van der Waals surface area (Å²) in [7, 11) is -2.24. The Labute approximate surface area is 79.6 Å². The molecule has 0 aliphatic heterocycles. The summed E-state index contributed by atoms with van der Waals surface area (Å²) in [6.45, 7) is 4.03. The van der Waals surface area contributed by atoms with E-state index < -0.39 is 14.2 Å². The van der Waals surface area contributed by atoms with Gasteiger partial charge >= 0.3 is 14.2 Å². The van der Waals surface area contributed by atoms with Gasteiger partial charge in [-0.15, -0.1) is 4.52 Å². The van der Waals surface area contributed by atoms with Crippen LogP contribution in [-0.4, -0.2) is 12.6 Å². The van der Waals surface area contributed by atoms with Gasteiger partial charge < -0.3 is 0 Å². The molecule has 0 bridgehead atoms. The molecular weight excluding hydrogens is 191 g/mol. The SMILES string of the molecule is CCCCCC(=O)O[P+](=O)OCC. The van der Waals surface area contributed by atoms with E-state index in [1.807, 2.05) is 6.92 Å². The van der Waals surface area contributed by atoms with Crippen LogP contribution >= 0.6 is 8.25 Å². The maximum atomic E-state index is 10.9. The minimum Gasteiger partial charge on any atom is -0.247 e. The predicted octanol–water partition coefficient (Wildman–Crippen LogP) is 2.80. The highest BCUT2D eigenvalue weighted by Gasteiger charge is 2.24. The van der Waals surface area contributed by atoms with Crippen molar-refractivity contribution < 1.29 is 18.4 Å². The largest absolute Gasteiger partial charge is 0.753 e. The van der Waals surface area contributed by atoms with Gasteiger partial charge in [0.15, 0.2) is 0 Å². The highest BCUT2D eigenvalue weighted by Crippen LogP contribution is 2.24. The van der Waals surface area contributed by atoms with Gasteiger partial charge in [-0.2, -0.15) is 4.52 Å². The summed E-state index contributed by atoms with van der Waals surface area (Å²) in [5.74, 6) is -0.442. The molecule has 0 saturated heterocycles. The van der Waals surface area contributed by atoms with Crippen molar-refractivity contribution in [1.29, 1.82) is 0 Å². The highest BCUT2D eigenvalue weighted by atomic mass is 31.1. The van der Waals surface area contributed by atoms with Crippen LogP contribution in [0.3, 0.4) is 0 Å². The fourth-order valence-electron chi connectivity index (χ4n) is 0.780. The molecule has 0 amide bonds. The Bertz CT molecular complexity index is 170. The quantitative estimate of drug-likeness (QED) is 0.475. The average Bonchev–Trinajstić information content (AvgIpc) is 2.05. The Morgan fingerprint density at radius 3 is 2.54 bits per heavy atom. The monoisotopic (exact) mass is 207 g/mol. The van der Waals surface area contributed by atoms with E-state index in [2.05, 4.69) is 9.05 Å². The molecule has 0 spiro atoms. The second-order valence-electron chi connectivity index (χ2n) is 2.56. The number of unbranched alkanes of at least 4 members (excludes halogenated alkanes) is 2. The Balaban J connectivity index is 3.44. The van der Waals surface area contributed by atoms with Crippen LogP contribution in [0.5, 0.6) is 0 Å². The lowest BCUT2D eigenvalue weighted by molar-refractivity contribution is -0.134. The van der Waals surface area contributed by atoms with Crippen molar-refractivity contribution in [2.45, 2.75) is 39.5 Å². The molecule has 0 aromatic carbocycles. The number of carbonyl (C=O) groups is 1. The third-order valence-electron chi connectivity index (χ3n) is 1.40. The van der Waals surface area contributed by atoms with Gasteiger partial charge in [-0.05, 0) is 13.3 Å². The zero-order valence-electron chi connectivity index (χ0n) is 8.12. The summed E-state index contributed by atoms with van der Waals surface area (Å²) < 4.78 is 19.8. The molecule has 0 aliphatic rings. The zero-order chi connectivity index (χ0) is 10.1. The first-order valence-electron chi connectivity index (χ1n) is 4.51. The number of hydrogen-bond donors (Lipinski definition) is 0. The Hall–Kier alpha value is -0.470. The Morgan fingerprint density at radius 2 is 2.00 bits per heavy atom. The normalized spacial score (nSPS) is 11.1. The first-order chi connectivity index (χ1) is 6.20. The van der Waals surface area contributed by atoms with Crippen molar-refractivity contribution in [3.05, 3.63) is 0 Å². The standard InChI is InChI=1S/C8H16O4P/c1-3-5-6-7-8(9)12-13(10)11-4-2/h3-7H2,1-2H3/q+1. The lowest BCUT2D eigenvalue weighted by Gasteiger charge is -1.92. The van der Waals surface area contributed by atoms with Crippen molar-refractivity contribution in [3.63, 3.8) is 0 Å². The summed E-state index contributed by atoms with van der Waals surface area (Å²) in [5.41, 5.74) is 0. The summed E-state index contributed by atoms with van der Waals surface area (Å²) in [6.07, 6.45) is 3.14. The summed E-state index contributed by atoms with van der Waals surface area (Å²) in [6, 6.07) is 0. The Kier molecular flexibility index (Phi) is 7.85. The third kappa shape index (κ3) is 7.88. The fourth-order valence-corrected chi connectivity index (χ4v) is 1.30. The van der Waals surface area contributed by atoms with Crippen LogP contribution in [-0.2, 0) is 18.4 Å². The maximum Gasteiger partial charge on any atom is 0.753 e. The van der Waals surface area contributed by atoms with Gasteiger partial charge in [0.25, 0.3) is 0 Å². The van der Waals surface area contributed by atoms with E-state index in [0.717, 1.165) is 19.3 Å². The molecule has 5 heteroatoms. The molecule has 1 unspecified atom stereocenters. The van der Waals surface area contributed by atoms with Crippen LogP contribution in [0.2, 0.25) is 0 Å². The van der Waals surface area contributed by atoms with Crippen molar-refractivity contribution >= 4 is 14.2 Å². The van der Waals surface area contributed by atoms with E-state index in [1.54, 1.807) is 6.92 Å². The molecule has 4 nitrogen and oxygen atoms in total. The second kappa shape index (κ2) is 8.14.